The van der Waals surface area contributed by atoms with Crippen molar-refractivity contribution in [2.45, 2.75) is 11.0 Å². The molecule has 0 aliphatic heterocycles. The van der Waals surface area contributed by atoms with E-state index in [0.717, 1.165) is 9.77 Å². The van der Waals surface area contributed by atoms with E-state index in [9.17, 15) is 14.3 Å². The fraction of sp³-hybridized carbons (Fsp3) is 0.214. The fourth-order valence-electron chi connectivity index (χ4n) is 1.52. The smallest absolute Gasteiger partial charge is 0.230 e. The predicted octanol–water partition coefficient (Wildman–Crippen LogP) is 2.83. The lowest BCUT2D eigenvalue weighted by molar-refractivity contribution is -0.119. The number of thiophene rings is 1. The first kappa shape index (κ1) is 15.0. The summed E-state index contributed by atoms with van der Waals surface area (Å²) in [6.45, 7) is 0.198. The zero-order valence-corrected chi connectivity index (χ0v) is 12.2. The first-order valence-electron chi connectivity index (χ1n) is 6.01. The Morgan fingerprint density at radius 2 is 2.10 bits per heavy atom. The molecule has 1 unspecified atom stereocenters. The van der Waals surface area contributed by atoms with E-state index in [-0.39, 0.29) is 24.0 Å². The lowest BCUT2D eigenvalue weighted by Gasteiger charge is -2.10. The van der Waals surface area contributed by atoms with E-state index < -0.39 is 6.10 Å². The summed E-state index contributed by atoms with van der Waals surface area (Å²) in [6, 6.07) is 9.67. The molecular formula is C14H14FNO2S2. The Morgan fingerprint density at radius 1 is 1.35 bits per heavy atom. The van der Waals surface area contributed by atoms with Gasteiger partial charge in [0.1, 0.15) is 11.9 Å². The van der Waals surface area contributed by atoms with E-state index in [2.05, 4.69) is 5.32 Å². The van der Waals surface area contributed by atoms with E-state index >= 15 is 0 Å². The number of aliphatic hydroxyl groups excluding tert-OH is 1. The van der Waals surface area contributed by atoms with Crippen molar-refractivity contribution in [2.24, 2.45) is 0 Å². The van der Waals surface area contributed by atoms with Gasteiger partial charge in [-0.3, -0.25) is 4.79 Å². The van der Waals surface area contributed by atoms with E-state index in [0.29, 0.717) is 0 Å². The number of nitrogens with one attached hydrogen (secondary N) is 1. The molecule has 0 saturated heterocycles. The van der Waals surface area contributed by atoms with Crippen LogP contribution in [0.4, 0.5) is 4.39 Å². The van der Waals surface area contributed by atoms with Gasteiger partial charge in [0.25, 0.3) is 0 Å². The summed E-state index contributed by atoms with van der Waals surface area (Å²) < 4.78 is 12.7. The lowest BCUT2D eigenvalue weighted by atomic mass is 10.3. The van der Waals surface area contributed by atoms with Crippen LogP contribution in [0.5, 0.6) is 0 Å². The standard InChI is InChI=1S/C14H14FNO2S2/c15-10-3-5-11(6-4-10)20-9-14(18)16-8-12(17)13-2-1-7-19-13/h1-7,12,17H,8-9H2,(H,16,18). The van der Waals surface area contributed by atoms with Crippen LogP contribution >= 0.6 is 23.1 Å². The van der Waals surface area contributed by atoms with Gasteiger partial charge in [-0.05, 0) is 35.7 Å². The molecule has 106 valence electrons. The highest BCUT2D eigenvalue weighted by atomic mass is 32.2. The largest absolute Gasteiger partial charge is 0.386 e. The topological polar surface area (TPSA) is 49.3 Å². The van der Waals surface area contributed by atoms with Crippen molar-refractivity contribution in [2.75, 3.05) is 12.3 Å². The Hall–Kier alpha value is -1.37. The summed E-state index contributed by atoms with van der Waals surface area (Å²) in [5.74, 6) is -0.212. The maximum Gasteiger partial charge on any atom is 0.230 e. The number of hydrogen-bond donors (Lipinski definition) is 2. The molecule has 0 aliphatic rings. The van der Waals surface area contributed by atoms with Gasteiger partial charge in [-0.25, -0.2) is 4.39 Å². The molecule has 1 heterocycles. The van der Waals surface area contributed by atoms with Crippen LogP contribution in [0.25, 0.3) is 0 Å². The van der Waals surface area contributed by atoms with Crippen LogP contribution in [0.2, 0.25) is 0 Å². The number of carbonyl (C=O) groups is 1. The van der Waals surface area contributed by atoms with E-state index in [1.165, 1.54) is 35.2 Å². The van der Waals surface area contributed by atoms with Crippen molar-refractivity contribution in [3.63, 3.8) is 0 Å². The highest BCUT2D eigenvalue weighted by molar-refractivity contribution is 8.00. The van der Waals surface area contributed by atoms with E-state index in [4.69, 9.17) is 0 Å². The molecule has 6 heteroatoms. The first-order chi connectivity index (χ1) is 9.65. The average Bonchev–Trinajstić information content (AvgIpc) is 2.98. The summed E-state index contributed by atoms with van der Waals surface area (Å²) in [4.78, 5) is 13.3. The minimum absolute atomic E-state index is 0.157. The third kappa shape index (κ3) is 4.63. The average molecular weight is 311 g/mol. The van der Waals surface area contributed by atoms with Gasteiger partial charge in [0.15, 0.2) is 0 Å². The molecule has 2 N–H and O–H groups in total. The third-order valence-corrected chi connectivity index (χ3v) is 4.53. The molecule has 2 rings (SSSR count). The first-order valence-corrected chi connectivity index (χ1v) is 7.88. The Bertz CT molecular complexity index is 543. The maximum absolute atomic E-state index is 12.7. The molecule has 0 radical (unpaired) electrons. The molecule has 1 aromatic heterocycles. The summed E-state index contributed by atoms with van der Waals surface area (Å²) in [6.07, 6.45) is -0.672. The molecule has 0 spiro atoms. The minimum Gasteiger partial charge on any atom is -0.386 e. The van der Waals surface area contributed by atoms with Gasteiger partial charge in [-0.2, -0.15) is 0 Å². The predicted molar refractivity (Wildman–Crippen MR) is 79.4 cm³/mol. The Labute approximate surface area is 124 Å². The lowest BCUT2D eigenvalue weighted by Crippen LogP contribution is -2.29. The fourth-order valence-corrected chi connectivity index (χ4v) is 2.96. The van der Waals surface area contributed by atoms with Crippen molar-refractivity contribution < 1.29 is 14.3 Å². The SMILES string of the molecule is O=C(CSc1ccc(F)cc1)NCC(O)c1cccs1. The van der Waals surface area contributed by atoms with Gasteiger partial charge in [0, 0.05) is 16.3 Å². The monoisotopic (exact) mass is 311 g/mol. The van der Waals surface area contributed by atoms with Crippen molar-refractivity contribution in [3.8, 4) is 0 Å². The molecule has 2 aromatic rings. The number of hydrogen-bond acceptors (Lipinski definition) is 4. The molecule has 1 aromatic carbocycles. The molecule has 0 fully saturated rings. The Balaban J connectivity index is 1.71. The molecular weight excluding hydrogens is 297 g/mol. The highest BCUT2D eigenvalue weighted by Crippen LogP contribution is 2.19. The van der Waals surface area contributed by atoms with Gasteiger partial charge < -0.3 is 10.4 Å². The molecule has 0 aliphatic carbocycles. The second kappa shape index (κ2) is 7.42. The zero-order chi connectivity index (χ0) is 14.4. The van der Waals surface area contributed by atoms with Gasteiger partial charge >= 0.3 is 0 Å². The quantitative estimate of drug-likeness (QED) is 0.807. The maximum atomic E-state index is 12.7. The molecule has 0 bridgehead atoms. The molecule has 1 amide bonds. The normalized spacial score (nSPS) is 12.1. The van der Waals surface area contributed by atoms with Gasteiger partial charge in [0.05, 0.1) is 5.75 Å². The van der Waals surface area contributed by atoms with Crippen LogP contribution in [-0.2, 0) is 4.79 Å². The van der Waals surface area contributed by atoms with Crippen molar-refractivity contribution >= 4 is 29.0 Å². The van der Waals surface area contributed by atoms with Gasteiger partial charge in [-0.15, -0.1) is 23.1 Å². The summed E-state index contributed by atoms with van der Waals surface area (Å²) >= 11 is 2.78. The Morgan fingerprint density at radius 3 is 2.75 bits per heavy atom. The summed E-state index contributed by atoms with van der Waals surface area (Å²) in [7, 11) is 0. The molecule has 1 atom stereocenters. The summed E-state index contributed by atoms with van der Waals surface area (Å²) in [5, 5.41) is 14.4. The van der Waals surface area contributed by atoms with Crippen molar-refractivity contribution in [3.05, 3.63) is 52.5 Å². The number of thioether (sulfide) groups is 1. The summed E-state index contributed by atoms with van der Waals surface area (Å²) in [5.41, 5.74) is 0. The minimum atomic E-state index is -0.672. The van der Waals surface area contributed by atoms with Crippen LogP contribution < -0.4 is 5.32 Å². The number of carbonyl (C=O) groups excluding carboxylic acids is 1. The second-order valence-electron chi connectivity index (χ2n) is 4.08. The van der Waals surface area contributed by atoms with E-state index in [1.54, 1.807) is 12.1 Å². The highest BCUT2D eigenvalue weighted by Gasteiger charge is 2.10. The number of halogens is 1. The third-order valence-electron chi connectivity index (χ3n) is 2.55. The van der Waals surface area contributed by atoms with Gasteiger partial charge in [-0.1, -0.05) is 6.07 Å². The van der Waals surface area contributed by atoms with E-state index in [1.807, 2.05) is 17.5 Å². The van der Waals surface area contributed by atoms with Crippen LogP contribution in [0, 0.1) is 5.82 Å². The number of aliphatic hydroxyl groups is 1. The van der Waals surface area contributed by atoms with Crippen molar-refractivity contribution in [1.82, 2.24) is 5.32 Å². The number of rotatable bonds is 6. The number of benzene rings is 1. The van der Waals surface area contributed by atoms with Crippen LogP contribution in [0.15, 0.2) is 46.7 Å². The Kier molecular flexibility index (Phi) is 5.58. The second-order valence-corrected chi connectivity index (χ2v) is 6.11. The molecule has 3 nitrogen and oxygen atoms in total. The van der Waals surface area contributed by atoms with Crippen LogP contribution in [-0.4, -0.2) is 23.3 Å². The van der Waals surface area contributed by atoms with Crippen LogP contribution in [0.3, 0.4) is 0 Å². The zero-order valence-electron chi connectivity index (χ0n) is 10.6. The van der Waals surface area contributed by atoms with Crippen LogP contribution in [0.1, 0.15) is 11.0 Å². The molecule has 0 saturated carbocycles. The van der Waals surface area contributed by atoms with Crippen molar-refractivity contribution in [1.29, 1.82) is 0 Å². The number of amides is 1. The molecule has 20 heavy (non-hydrogen) atoms. The van der Waals surface area contributed by atoms with Gasteiger partial charge in [0.2, 0.25) is 5.91 Å².